The van der Waals surface area contributed by atoms with E-state index < -0.39 is 11.9 Å². The molecule has 0 aliphatic rings. The molecule has 2 aromatic carbocycles. The molecule has 0 aliphatic carbocycles. The zero-order valence-electron chi connectivity index (χ0n) is 11.4. The van der Waals surface area contributed by atoms with E-state index in [2.05, 4.69) is 15.9 Å². The Bertz CT molecular complexity index is 664. The van der Waals surface area contributed by atoms with Crippen molar-refractivity contribution in [2.75, 3.05) is 14.2 Å². The molecule has 0 fully saturated rings. The summed E-state index contributed by atoms with van der Waals surface area (Å²) in [6.45, 7) is 0. The van der Waals surface area contributed by atoms with Crippen molar-refractivity contribution in [2.45, 2.75) is 6.10 Å². The summed E-state index contributed by atoms with van der Waals surface area (Å²) in [6.07, 6.45) is -1.21. The van der Waals surface area contributed by atoms with E-state index in [0.29, 0.717) is 17.1 Å². The molecule has 0 heterocycles. The van der Waals surface area contributed by atoms with Crippen LogP contribution in [0.4, 0.5) is 4.39 Å². The van der Waals surface area contributed by atoms with Crippen LogP contribution in [0.1, 0.15) is 17.2 Å². The van der Waals surface area contributed by atoms with Gasteiger partial charge in [0.05, 0.1) is 23.7 Å². The van der Waals surface area contributed by atoms with Gasteiger partial charge < -0.3 is 14.6 Å². The normalized spacial score (nSPS) is 12.1. The Balaban J connectivity index is 2.53. The van der Waals surface area contributed by atoms with Crippen molar-refractivity contribution in [1.29, 1.82) is 0 Å². The average Bonchev–Trinajstić information content (AvgIpc) is 2.49. The molecule has 1 unspecified atom stereocenters. The lowest BCUT2D eigenvalue weighted by Crippen LogP contribution is -2.05. The van der Waals surface area contributed by atoms with Gasteiger partial charge in [-0.2, -0.15) is 0 Å². The molecule has 0 saturated heterocycles. The minimum Gasteiger partial charge on any atom is -0.493 e. The van der Waals surface area contributed by atoms with Crippen LogP contribution in [0.3, 0.4) is 0 Å². The monoisotopic (exact) mass is 374 g/mol. The maximum Gasteiger partial charge on any atom is 0.162 e. The maximum absolute atomic E-state index is 14.1. The van der Waals surface area contributed by atoms with Gasteiger partial charge in [-0.3, -0.25) is 0 Å². The Morgan fingerprint density at radius 2 is 1.76 bits per heavy atom. The standard InChI is InChI=1S/C15H13BrClFO3/c1-20-12-6-9(11(17)7-13(12)21-2)15(19)8-4-3-5-10(16)14(8)18/h3-7,15,19H,1-2H3. The molecule has 0 amide bonds. The van der Waals surface area contributed by atoms with E-state index in [-0.39, 0.29) is 15.1 Å². The number of ether oxygens (including phenoxy) is 2. The predicted octanol–water partition coefficient (Wildman–Crippen LogP) is 4.34. The van der Waals surface area contributed by atoms with Crippen molar-refractivity contribution in [1.82, 2.24) is 0 Å². The Kier molecular flexibility index (Phi) is 5.08. The minimum absolute atomic E-state index is 0.124. The summed E-state index contributed by atoms with van der Waals surface area (Å²) < 4.78 is 24.7. The van der Waals surface area contributed by atoms with Gasteiger partial charge in [-0.25, -0.2) is 4.39 Å². The molecular weight excluding hydrogens is 363 g/mol. The number of rotatable bonds is 4. The summed E-state index contributed by atoms with van der Waals surface area (Å²) in [4.78, 5) is 0. The fraction of sp³-hybridized carbons (Fsp3) is 0.200. The summed E-state index contributed by atoms with van der Waals surface area (Å²) in [5.41, 5.74) is 0.463. The third-order valence-electron chi connectivity index (χ3n) is 3.07. The zero-order chi connectivity index (χ0) is 15.6. The molecule has 3 nitrogen and oxygen atoms in total. The van der Waals surface area contributed by atoms with E-state index in [0.717, 1.165) is 0 Å². The lowest BCUT2D eigenvalue weighted by molar-refractivity contribution is 0.214. The molecule has 0 radical (unpaired) electrons. The van der Waals surface area contributed by atoms with Crippen molar-refractivity contribution in [2.24, 2.45) is 0 Å². The lowest BCUT2D eigenvalue weighted by atomic mass is 10.0. The summed E-state index contributed by atoms with van der Waals surface area (Å²) in [5.74, 6) is 0.315. The maximum atomic E-state index is 14.1. The third kappa shape index (κ3) is 3.15. The van der Waals surface area contributed by atoms with Gasteiger partial charge in [0.2, 0.25) is 0 Å². The van der Waals surface area contributed by atoms with E-state index >= 15 is 0 Å². The first-order chi connectivity index (χ1) is 9.99. The molecule has 112 valence electrons. The summed E-state index contributed by atoms with van der Waals surface area (Å²) >= 11 is 9.24. The molecule has 1 atom stereocenters. The molecular formula is C15H13BrClFO3. The molecule has 0 aliphatic heterocycles. The minimum atomic E-state index is -1.21. The number of hydrogen-bond donors (Lipinski definition) is 1. The van der Waals surface area contributed by atoms with Crippen LogP contribution in [-0.2, 0) is 0 Å². The fourth-order valence-corrected chi connectivity index (χ4v) is 2.62. The predicted molar refractivity (Wildman–Crippen MR) is 82.7 cm³/mol. The van der Waals surface area contributed by atoms with Crippen molar-refractivity contribution in [3.8, 4) is 11.5 Å². The van der Waals surface area contributed by atoms with Crippen LogP contribution < -0.4 is 9.47 Å². The van der Waals surface area contributed by atoms with Crippen LogP contribution in [0.15, 0.2) is 34.8 Å². The van der Waals surface area contributed by atoms with Crippen molar-refractivity contribution < 1.29 is 19.0 Å². The second-order valence-corrected chi connectivity index (χ2v) is 5.54. The van der Waals surface area contributed by atoms with Crippen LogP contribution >= 0.6 is 27.5 Å². The van der Waals surface area contributed by atoms with E-state index in [1.54, 1.807) is 12.1 Å². The molecule has 0 bridgehead atoms. The molecule has 0 aromatic heterocycles. The lowest BCUT2D eigenvalue weighted by Gasteiger charge is -2.17. The molecule has 0 saturated carbocycles. The summed E-state index contributed by atoms with van der Waals surface area (Å²) in [5, 5.41) is 10.7. The topological polar surface area (TPSA) is 38.7 Å². The second kappa shape index (κ2) is 6.64. The fourth-order valence-electron chi connectivity index (χ4n) is 1.98. The molecule has 2 rings (SSSR count). The van der Waals surface area contributed by atoms with Gasteiger partial charge in [0.15, 0.2) is 11.5 Å². The molecule has 1 N–H and O–H groups in total. The first kappa shape index (κ1) is 16.1. The van der Waals surface area contributed by atoms with Crippen molar-refractivity contribution in [3.05, 3.63) is 56.8 Å². The first-order valence-corrected chi connectivity index (χ1v) is 7.20. The van der Waals surface area contributed by atoms with Gasteiger partial charge in [0.1, 0.15) is 11.9 Å². The van der Waals surface area contributed by atoms with E-state index in [1.807, 2.05) is 0 Å². The van der Waals surface area contributed by atoms with Gasteiger partial charge in [0, 0.05) is 17.2 Å². The van der Waals surface area contributed by atoms with Crippen LogP contribution in [0, 0.1) is 5.82 Å². The number of hydrogen-bond acceptors (Lipinski definition) is 3. The van der Waals surface area contributed by atoms with Crippen LogP contribution in [-0.4, -0.2) is 19.3 Å². The molecule has 0 spiro atoms. The van der Waals surface area contributed by atoms with Crippen LogP contribution in [0.25, 0.3) is 0 Å². The van der Waals surface area contributed by atoms with Gasteiger partial charge in [0.25, 0.3) is 0 Å². The van der Waals surface area contributed by atoms with Gasteiger partial charge >= 0.3 is 0 Å². The Hall–Kier alpha value is -1.30. The number of methoxy groups -OCH3 is 2. The number of aliphatic hydroxyl groups is 1. The van der Waals surface area contributed by atoms with Gasteiger partial charge in [-0.1, -0.05) is 23.7 Å². The van der Waals surface area contributed by atoms with Crippen molar-refractivity contribution in [3.63, 3.8) is 0 Å². The zero-order valence-corrected chi connectivity index (χ0v) is 13.7. The van der Waals surface area contributed by atoms with Crippen LogP contribution in [0.5, 0.6) is 11.5 Å². The average molecular weight is 376 g/mol. The highest BCUT2D eigenvalue weighted by Gasteiger charge is 2.21. The highest BCUT2D eigenvalue weighted by atomic mass is 79.9. The van der Waals surface area contributed by atoms with E-state index in [4.69, 9.17) is 21.1 Å². The SMILES string of the molecule is COc1cc(Cl)c(C(O)c2cccc(Br)c2F)cc1OC. The number of benzene rings is 2. The Morgan fingerprint density at radius 1 is 1.14 bits per heavy atom. The Labute approximate surface area is 135 Å². The highest BCUT2D eigenvalue weighted by Crippen LogP contribution is 2.38. The van der Waals surface area contributed by atoms with Gasteiger partial charge in [-0.05, 0) is 28.1 Å². The van der Waals surface area contributed by atoms with Crippen LogP contribution in [0.2, 0.25) is 5.02 Å². The quantitative estimate of drug-likeness (QED) is 0.864. The van der Waals surface area contributed by atoms with E-state index in [9.17, 15) is 9.50 Å². The largest absolute Gasteiger partial charge is 0.493 e. The first-order valence-electron chi connectivity index (χ1n) is 6.03. The summed E-state index contributed by atoms with van der Waals surface area (Å²) in [6, 6.07) is 7.75. The molecule has 21 heavy (non-hydrogen) atoms. The Morgan fingerprint density at radius 3 is 2.38 bits per heavy atom. The number of halogens is 3. The highest BCUT2D eigenvalue weighted by molar-refractivity contribution is 9.10. The number of aliphatic hydroxyl groups excluding tert-OH is 1. The van der Waals surface area contributed by atoms with Crippen molar-refractivity contribution >= 4 is 27.5 Å². The molecule has 6 heteroatoms. The molecule has 2 aromatic rings. The smallest absolute Gasteiger partial charge is 0.162 e. The van der Waals surface area contributed by atoms with E-state index in [1.165, 1.54) is 32.4 Å². The summed E-state index contributed by atoms with van der Waals surface area (Å²) in [7, 11) is 2.96. The second-order valence-electron chi connectivity index (χ2n) is 4.27. The third-order valence-corrected chi connectivity index (χ3v) is 4.01. The van der Waals surface area contributed by atoms with Gasteiger partial charge in [-0.15, -0.1) is 0 Å².